The number of imide groups is 1. The van der Waals surface area contributed by atoms with Gasteiger partial charge in [-0.25, -0.2) is 9.59 Å². The van der Waals surface area contributed by atoms with E-state index in [1.165, 1.54) is 7.11 Å². The first-order valence-corrected chi connectivity index (χ1v) is 4.41. The normalized spacial score (nSPS) is 18.7. The van der Waals surface area contributed by atoms with Gasteiger partial charge in [0.15, 0.2) is 0 Å². The van der Waals surface area contributed by atoms with Crippen LogP contribution < -0.4 is 5.32 Å². The predicted octanol–water partition coefficient (Wildman–Crippen LogP) is 0.00350. The number of carbonyl (C=O) groups is 3. The summed E-state index contributed by atoms with van der Waals surface area (Å²) < 4.78 is 4.35. The van der Waals surface area contributed by atoms with E-state index < -0.39 is 17.9 Å². The summed E-state index contributed by atoms with van der Waals surface area (Å²) in [7, 11) is 1.20. The van der Waals surface area contributed by atoms with Gasteiger partial charge in [-0.05, 0) is 13.8 Å². The maximum Gasteiger partial charge on any atom is 0.332 e. The van der Waals surface area contributed by atoms with E-state index in [-0.39, 0.29) is 11.7 Å². The highest BCUT2D eigenvalue weighted by molar-refractivity contribution is 6.13. The van der Waals surface area contributed by atoms with Crippen LogP contribution in [0.1, 0.15) is 13.8 Å². The van der Waals surface area contributed by atoms with Crippen molar-refractivity contribution in [2.75, 3.05) is 7.11 Å². The van der Waals surface area contributed by atoms with E-state index in [4.69, 9.17) is 0 Å². The van der Waals surface area contributed by atoms with Crippen LogP contribution in [-0.2, 0) is 14.3 Å². The Bertz CT molecular complexity index is 346. The smallest absolute Gasteiger partial charge is 0.332 e. The van der Waals surface area contributed by atoms with Gasteiger partial charge in [0.1, 0.15) is 5.70 Å². The summed E-state index contributed by atoms with van der Waals surface area (Å²) in [5, 5.41) is 2.30. The highest BCUT2D eigenvalue weighted by atomic mass is 16.5. The molecule has 0 saturated carbocycles. The van der Waals surface area contributed by atoms with Crippen molar-refractivity contribution in [1.29, 1.82) is 0 Å². The van der Waals surface area contributed by atoms with Crippen molar-refractivity contribution < 1.29 is 19.1 Å². The molecule has 0 aliphatic carbocycles. The van der Waals surface area contributed by atoms with Crippen molar-refractivity contribution in [3.05, 3.63) is 11.8 Å². The van der Waals surface area contributed by atoms with Crippen molar-refractivity contribution in [3.8, 4) is 0 Å². The van der Waals surface area contributed by atoms with Crippen molar-refractivity contribution in [3.63, 3.8) is 0 Å². The zero-order chi connectivity index (χ0) is 11.6. The molecule has 0 spiro atoms. The van der Waals surface area contributed by atoms with Crippen LogP contribution in [0, 0.1) is 0 Å². The second kappa shape index (κ2) is 4.12. The van der Waals surface area contributed by atoms with E-state index in [1.807, 2.05) is 0 Å². The Labute approximate surface area is 86.9 Å². The molecule has 1 fully saturated rings. The fraction of sp³-hybridized carbons (Fsp3) is 0.444. The van der Waals surface area contributed by atoms with Crippen LogP contribution in [0.3, 0.4) is 0 Å². The SMILES string of the molecule is COC(=O)C=C1NC(=O)N(C(C)C)C1=O. The second-order valence-electron chi connectivity index (χ2n) is 3.28. The van der Waals surface area contributed by atoms with Gasteiger partial charge in [0.2, 0.25) is 0 Å². The molecule has 1 rings (SSSR count). The third kappa shape index (κ3) is 2.15. The molecule has 1 heterocycles. The summed E-state index contributed by atoms with van der Waals surface area (Å²) in [5.74, 6) is -1.19. The van der Waals surface area contributed by atoms with Crippen LogP contribution in [0.25, 0.3) is 0 Å². The highest BCUT2D eigenvalue weighted by Crippen LogP contribution is 2.12. The number of nitrogens with zero attached hydrogens (tertiary/aromatic N) is 1. The summed E-state index contributed by atoms with van der Waals surface area (Å²) in [6.45, 7) is 3.41. The fourth-order valence-corrected chi connectivity index (χ4v) is 1.19. The lowest BCUT2D eigenvalue weighted by molar-refractivity contribution is -0.135. The zero-order valence-electron chi connectivity index (χ0n) is 8.73. The molecule has 6 nitrogen and oxygen atoms in total. The van der Waals surface area contributed by atoms with E-state index in [0.29, 0.717) is 0 Å². The Hall–Kier alpha value is -1.85. The molecule has 0 atom stereocenters. The molecule has 15 heavy (non-hydrogen) atoms. The standard InChI is InChI=1S/C9H12N2O4/c1-5(2)11-8(13)6(10-9(11)14)4-7(12)15-3/h4-5H,1-3H3,(H,10,14). The summed E-state index contributed by atoms with van der Waals surface area (Å²) in [6.07, 6.45) is 0.961. The molecule has 0 radical (unpaired) electrons. The van der Waals surface area contributed by atoms with E-state index in [9.17, 15) is 14.4 Å². The molecular formula is C9H12N2O4. The van der Waals surface area contributed by atoms with Gasteiger partial charge in [0, 0.05) is 6.04 Å². The van der Waals surface area contributed by atoms with Gasteiger partial charge in [0.25, 0.3) is 5.91 Å². The first-order valence-electron chi connectivity index (χ1n) is 4.41. The molecule has 0 aromatic carbocycles. The summed E-state index contributed by atoms with van der Waals surface area (Å²) in [4.78, 5) is 34.8. The number of esters is 1. The number of ether oxygens (including phenoxy) is 1. The van der Waals surface area contributed by atoms with Crippen LogP contribution in [-0.4, -0.2) is 36.0 Å². The Morgan fingerprint density at radius 3 is 2.47 bits per heavy atom. The molecule has 1 saturated heterocycles. The Morgan fingerprint density at radius 2 is 2.07 bits per heavy atom. The van der Waals surface area contributed by atoms with Crippen LogP contribution in [0.5, 0.6) is 0 Å². The van der Waals surface area contributed by atoms with Crippen molar-refractivity contribution in [1.82, 2.24) is 10.2 Å². The average Bonchev–Trinajstić information content (AvgIpc) is 2.41. The lowest BCUT2D eigenvalue weighted by Crippen LogP contribution is -2.36. The van der Waals surface area contributed by atoms with Gasteiger partial charge in [0.05, 0.1) is 13.2 Å². The number of rotatable bonds is 2. The summed E-state index contributed by atoms with van der Waals surface area (Å²) >= 11 is 0. The van der Waals surface area contributed by atoms with E-state index in [0.717, 1.165) is 11.0 Å². The first-order chi connectivity index (χ1) is 6.97. The zero-order valence-corrected chi connectivity index (χ0v) is 8.73. The van der Waals surface area contributed by atoms with Gasteiger partial charge in [-0.15, -0.1) is 0 Å². The summed E-state index contributed by atoms with van der Waals surface area (Å²) in [6, 6.07) is -0.772. The van der Waals surface area contributed by atoms with E-state index >= 15 is 0 Å². The van der Waals surface area contributed by atoms with E-state index in [1.54, 1.807) is 13.8 Å². The quantitative estimate of drug-likeness (QED) is 0.397. The number of hydrogen-bond donors (Lipinski definition) is 1. The molecule has 0 bridgehead atoms. The minimum atomic E-state index is -0.677. The maximum atomic E-state index is 11.6. The minimum absolute atomic E-state index is 0.0550. The monoisotopic (exact) mass is 212 g/mol. The topological polar surface area (TPSA) is 75.7 Å². The van der Waals surface area contributed by atoms with Gasteiger partial charge in [-0.3, -0.25) is 9.69 Å². The lowest BCUT2D eigenvalue weighted by Gasteiger charge is -2.15. The molecule has 3 amide bonds. The Kier molecular flexibility index (Phi) is 3.08. The van der Waals surface area contributed by atoms with Crippen LogP contribution in [0.2, 0.25) is 0 Å². The average molecular weight is 212 g/mol. The molecule has 6 heteroatoms. The highest BCUT2D eigenvalue weighted by Gasteiger charge is 2.35. The minimum Gasteiger partial charge on any atom is -0.466 e. The molecule has 0 unspecified atom stereocenters. The number of hydrogen-bond acceptors (Lipinski definition) is 4. The number of carbonyl (C=O) groups excluding carboxylic acids is 3. The fourth-order valence-electron chi connectivity index (χ4n) is 1.19. The van der Waals surface area contributed by atoms with Crippen molar-refractivity contribution in [2.45, 2.75) is 19.9 Å². The number of amides is 3. The lowest BCUT2D eigenvalue weighted by atomic mass is 10.3. The van der Waals surface area contributed by atoms with Gasteiger partial charge in [-0.2, -0.15) is 0 Å². The largest absolute Gasteiger partial charge is 0.466 e. The van der Waals surface area contributed by atoms with Crippen molar-refractivity contribution in [2.24, 2.45) is 0 Å². The number of urea groups is 1. The molecule has 0 aromatic rings. The molecule has 1 N–H and O–H groups in total. The first kappa shape index (κ1) is 11.2. The Balaban J connectivity index is 2.91. The molecule has 0 aromatic heterocycles. The van der Waals surface area contributed by atoms with Gasteiger partial charge < -0.3 is 10.1 Å². The van der Waals surface area contributed by atoms with E-state index in [2.05, 4.69) is 10.1 Å². The predicted molar refractivity (Wildman–Crippen MR) is 50.6 cm³/mol. The molecule has 1 aliphatic rings. The molecular weight excluding hydrogens is 200 g/mol. The molecule has 82 valence electrons. The third-order valence-corrected chi connectivity index (χ3v) is 1.89. The van der Waals surface area contributed by atoms with Crippen LogP contribution >= 0.6 is 0 Å². The maximum absolute atomic E-state index is 11.6. The van der Waals surface area contributed by atoms with Gasteiger partial charge in [-0.1, -0.05) is 0 Å². The summed E-state index contributed by atoms with van der Waals surface area (Å²) in [5.41, 5.74) is -0.0550. The van der Waals surface area contributed by atoms with Gasteiger partial charge >= 0.3 is 12.0 Å². The second-order valence-corrected chi connectivity index (χ2v) is 3.28. The molecule has 1 aliphatic heterocycles. The third-order valence-electron chi connectivity index (χ3n) is 1.89. The van der Waals surface area contributed by atoms with Crippen LogP contribution in [0.4, 0.5) is 4.79 Å². The number of nitrogens with one attached hydrogen (secondary N) is 1. The van der Waals surface area contributed by atoms with Crippen LogP contribution in [0.15, 0.2) is 11.8 Å². The number of methoxy groups -OCH3 is 1. The van der Waals surface area contributed by atoms with Crippen molar-refractivity contribution >= 4 is 17.9 Å². The Morgan fingerprint density at radius 1 is 1.47 bits per heavy atom.